The number of hydrogen-bond acceptors (Lipinski definition) is 1. The van der Waals surface area contributed by atoms with Crippen molar-refractivity contribution in [3.05, 3.63) is 11.1 Å². The summed E-state index contributed by atoms with van der Waals surface area (Å²) in [6, 6.07) is 0.816. The molecule has 1 aliphatic rings. The number of hydrogen-bond donors (Lipinski definition) is 0. The molecule has 0 spiro atoms. The van der Waals surface area contributed by atoms with E-state index in [1.54, 1.807) is 0 Å². The van der Waals surface area contributed by atoms with E-state index in [9.17, 15) is 0 Å². The van der Waals surface area contributed by atoms with E-state index in [1.807, 2.05) is 11.1 Å². The van der Waals surface area contributed by atoms with Crippen molar-refractivity contribution in [3.8, 4) is 0 Å². The van der Waals surface area contributed by atoms with Gasteiger partial charge in [0.15, 0.2) is 0 Å². The minimum Gasteiger partial charge on any atom is -0.306 e. The quantitative estimate of drug-likeness (QED) is 0.108. The van der Waals surface area contributed by atoms with Crippen molar-refractivity contribution < 1.29 is 0 Å². The number of nitrogens with zero attached hydrogens (tertiary/aromatic N) is 1. The topological polar surface area (TPSA) is 3.24 Å². The Hall–Kier alpha value is -0.300. The van der Waals surface area contributed by atoms with Gasteiger partial charge >= 0.3 is 0 Å². The summed E-state index contributed by atoms with van der Waals surface area (Å²) in [7, 11) is 4.58. The molecule has 1 unspecified atom stereocenters. The molecule has 1 aliphatic carbocycles. The van der Waals surface area contributed by atoms with Gasteiger partial charge in [0.25, 0.3) is 0 Å². The van der Waals surface area contributed by atoms with Crippen LogP contribution in [0.1, 0.15) is 162 Å². The maximum Gasteiger partial charge on any atom is 0.00891 e. The van der Waals surface area contributed by atoms with Gasteiger partial charge in [-0.3, -0.25) is 0 Å². The fourth-order valence-corrected chi connectivity index (χ4v) is 5.11. The van der Waals surface area contributed by atoms with E-state index in [0.717, 1.165) is 6.04 Å². The zero-order valence-electron chi connectivity index (χ0n) is 22.3. The fourth-order valence-electron chi connectivity index (χ4n) is 5.11. The van der Waals surface area contributed by atoms with Crippen LogP contribution in [0.5, 0.6) is 0 Å². The van der Waals surface area contributed by atoms with E-state index in [-0.39, 0.29) is 0 Å². The molecule has 0 amide bonds. The van der Waals surface area contributed by atoms with Crippen LogP contribution >= 0.6 is 0 Å². The Balaban J connectivity index is 1.92. The summed E-state index contributed by atoms with van der Waals surface area (Å²) in [5.41, 5.74) is 3.69. The molecule has 1 nitrogen and oxygen atoms in total. The van der Waals surface area contributed by atoms with Crippen LogP contribution in [0.25, 0.3) is 0 Å². The molecule has 31 heavy (non-hydrogen) atoms. The molecule has 0 radical (unpaired) electrons. The molecule has 0 aliphatic heterocycles. The van der Waals surface area contributed by atoms with E-state index in [0.29, 0.717) is 0 Å². The molecule has 0 aromatic heterocycles. The maximum absolute atomic E-state index is 2.49. The van der Waals surface area contributed by atoms with Crippen molar-refractivity contribution in [2.45, 2.75) is 168 Å². The Morgan fingerprint density at radius 3 is 1.26 bits per heavy atom. The highest BCUT2D eigenvalue weighted by molar-refractivity contribution is 5.34. The largest absolute Gasteiger partial charge is 0.306 e. The van der Waals surface area contributed by atoms with Crippen molar-refractivity contribution in [1.82, 2.24) is 4.90 Å². The highest BCUT2D eigenvalue weighted by Crippen LogP contribution is 2.38. The van der Waals surface area contributed by atoms with Crippen molar-refractivity contribution in [2.24, 2.45) is 0 Å². The second-order valence-electron chi connectivity index (χ2n) is 10.7. The average molecular weight is 434 g/mol. The molecule has 1 atom stereocenters. The van der Waals surface area contributed by atoms with Crippen LogP contribution in [-0.4, -0.2) is 25.0 Å². The molecule has 0 saturated carbocycles. The minimum absolute atomic E-state index is 0.816. The molecule has 1 heteroatoms. The Bertz CT molecular complexity index is 422. The lowest BCUT2D eigenvalue weighted by molar-refractivity contribution is 0.251. The monoisotopic (exact) mass is 433 g/mol. The molecular weight excluding hydrogens is 374 g/mol. The molecule has 0 heterocycles. The highest BCUT2D eigenvalue weighted by Gasteiger charge is 2.19. The highest BCUT2D eigenvalue weighted by atomic mass is 15.1. The molecular formula is C30H59N. The van der Waals surface area contributed by atoms with Crippen molar-refractivity contribution in [3.63, 3.8) is 0 Å². The first kappa shape index (κ1) is 28.7. The van der Waals surface area contributed by atoms with Crippen LogP contribution in [0.4, 0.5) is 0 Å². The summed E-state index contributed by atoms with van der Waals surface area (Å²) in [5.74, 6) is 0. The van der Waals surface area contributed by atoms with Gasteiger partial charge in [0.2, 0.25) is 0 Å². The van der Waals surface area contributed by atoms with Gasteiger partial charge < -0.3 is 4.90 Å². The SMILES string of the molecule is CCCCCCCCCC(CCCCCCCC1=C(CCCCCCCC)C1)N(C)C. The second-order valence-corrected chi connectivity index (χ2v) is 10.7. The van der Waals surface area contributed by atoms with Crippen molar-refractivity contribution in [2.75, 3.05) is 14.1 Å². The van der Waals surface area contributed by atoms with Crippen molar-refractivity contribution in [1.29, 1.82) is 0 Å². The van der Waals surface area contributed by atoms with Crippen LogP contribution in [0.3, 0.4) is 0 Å². The molecule has 0 saturated heterocycles. The Morgan fingerprint density at radius 1 is 0.516 bits per heavy atom. The van der Waals surface area contributed by atoms with Gasteiger partial charge in [-0.2, -0.15) is 0 Å². The first-order valence-electron chi connectivity index (χ1n) is 14.5. The van der Waals surface area contributed by atoms with Gasteiger partial charge in [-0.1, -0.05) is 128 Å². The Morgan fingerprint density at radius 2 is 0.871 bits per heavy atom. The summed E-state index contributed by atoms with van der Waals surface area (Å²) in [6.07, 6.45) is 33.0. The standard InChI is InChI=1S/C30H59N/c1-5-7-9-11-13-17-21-25-30(31(3)4)26-22-18-14-16-20-24-29-27-28(29)23-19-15-12-10-8-6-2/h30H,5-27H2,1-4H3. The van der Waals surface area contributed by atoms with Crippen LogP contribution in [0, 0.1) is 0 Å². The van der Waals surface area contributed by atoms with E-state index in [2.05, 4.69) is 32.8 Å². The average Bonchev–Trinajstić information content (AvgIpc) is 3.51. The predicted octanol–water partition coefficient (Wildman–Crippen LogP) is 10.2. The third-order valence-corrected chi connectivity index (χ3v) is 7.52. The van der Waals surface area contributed by atoms with Crippen LogP contribution in [0.2, 0.25) is 0 Å². The molecule has 0 fully saturated rings. The first-order valence-corrected chi connectivity index (χ1v) is 14.5. The zero-order valence-corrected chi connectivity index (χ0v) is 22.3. The molecule has 0 N–H and O–H groups in total. The third-order valence-electron chi connectivity index (χ3n) is 7.52. The van der Waals surface area contributed by atoms with E-state index in [4.69, 9.17) is 0 Å². The van der Waals surface area contributed by atoms with Crippen LogP contribution < -0.4 is 0 Å². The number of rotatable bonds is 24. The molecule has 0 aromatic rings. The number of unbranched alkanes of at least 4 members (excludes halogenated alkanes) is 15. The summed E-state index contributed by atoms with van der Waals surface area (Å²) < 4.78 is 0. The molecule has 184 valence electrons. The predicted molar refractivity (Wildman–Crippen MR) is 142 cm³/mol. The third kappa shape index (κ3) is 16.9. The van der Waals surface area contributed by atoms with E-state index in [1.165, 1.54) is 148 Å². The van der Waals surface area contributed by atoms with Gasteiger partial charge in [-0.25, -0.2) is 0 Å². The summed E-state index contributed by atoms with van der Waals surface area (Å²) in [5, 5.41) is 0. The van der Waals surface area contributed by atoms with Crippen LogP contribution in [0.15, 0.2) is 11.1 Å². The van der Waals surface area contributed by atoms with Gasteiger partial charge in [-0.15, -0.1) is 0 Å². The van der Waals surface area contributed by atoms with Gasteiger partial charge in [-0.05, 0) is 59.0 Å². The zero-order chi connectivity index (χ0) is 22.6. The summed E-state index contributed by atoms with van der Waals surface area (Å²) >= 11 is 0. The summed E-state index contributed by atoms with van der Waals surface area (Å²) in [4.78, 5) is 2.49. The molecule has 1 rings (SSSR count). The van der Waals surface area contributed by atoms with Crippen LogP contribution in [-0.2, 0) is 0 Å². The maximum atomic E-state index is 2.49. The first-order chi connectivity index (χ1) is 15.2. The lowest BCUT2D eigenvalue weighted by Gasteiger charge is -2.24. The normalized spacial score (nSPS) is 14.6. The number of allylic oxidation sites excluding steroid dienone is 2. The lowest BCUT2D eigenvalue weighted by atomic mass is 9.99. The van der Waals surface area contributed by atoms with Crippen molar-refractivity contribution >= 4 is 0 Å². The second kappa shape index (κ2) is 20.3. The van der Waals surface area contributed by atoms with E-state index < -0.39 is 0 Å². The fraction of sp³-hybridized carbons (Fsp3) is 0.933. The Labute approximate surface area is 197 Å². The smallest absolute Gasteiger partial charge is 0.00891 e. The lowest BCUT2D eigenvalue weighted by Crippen LogP contribution is -2.27. The molecule has 0 bridgehead atoms. The van der Waals surface area contributed by atoms with Gasteiger partial charge in [0.05, 0.1) is 0 Å². The summed E-state index contributed by atoms with van der Waals surface area (Å²) in [6.45, 7) is 4.61. The van der Waals surface area contributed by atoms with E-state index >= 15 is 0 Å². The van der Waals surface area contributed by atoms with Gasteiger partial charge in [0.1, 0.15) is 0 Å². The Kier molecular flexibility index (Phi) is 18.8. The molecule has 0 aromatic carbocycles. The van der Waals surface area contributed by atoms with Gasteiger partial charge in [0, 0.05) is 6.04 Å². The minimum atomic E-state index is 0.816.